The Kier molecular flexibility index (Phi) is 8.34. The smallest absolute Gasteiger partial charge is 0.431 e. The van der Waals surface area contributed by atoms with Gasteiger partial charge in [0, 0.05) is 43.4 Å². The molecule has 4 fully saturated rings. The Morgan fingerprint density at radius 3 is 2.37 bits per heavy atom. The fourth-order valence-corrected chi connectivity index (χ4v) is 9.12. The molecule has 0 radical (unpaired) electrons. The maximum atomic E-state index is 13.8. The first kappa shape index (κ1) is 32.0. The van der Waals surface area contributed by atoms with Crippen molar-refractivity contribution in [3.63, 3.8) is 0 Å². The van der Waals surface area contributed by atoms with E-state index < -0.39 is 45.7 Å². The van der Waals surface area contributed by atoms with Crippen molar-refractivity contribution in [2.75, 3.05) is 6.61 Å². The highest BCUT2D eigenvalue weighted by Crippen LogP contribution is 2.66. The van der Waals surface area contributed by atoms with Gasteiger partial charge in [0.15, 0.2) is 0 Å². The molecule has 0 bridgehead atoms. The van der Waals surface area contributed by atoms with E-state index in [1.807, 2.05) is 13.8 Å². The monoisotopic (exact) mass is 610 g/mol. The number of halogens is 4. The summed E-state index contributed by atoms with van der Waals surface area (Å²) in [5.74, 6) is -6.51. The molecule has 0 heterocycles. The molecule has 13 heteroatoms. The second-order valence-corrected chi connectivity index (χ2v) is 14.6. The van der Waals surface area contributed by atoms with Crippen molar-refractivity contribution in [1.29, 1.82) is 0 Å². The molecule has 4 aliphatic carbocycles. The molecule has 8 nitrogen and oxygen atoms in total. The Hall–Kier alpha value is -1.89. The third-order valence-electron chi connectivity index (χ3n) is 11.1. The fraction of sp³-hybridized carbons (Fsp3) is 0.857. The highest BCUT2D eigenvalue weighted by molar-refractivity contribution is 7.87. The van der Waals surface area contributed by atoms with Crippen LogP contribution in [0.3, 0.4) is 0 Å². The van der Waals surface area contributed by atoms with Gasteiger partial charge in [0.2, 0.25) is 0 Å². The van der Waals surface area contributed by atoms with Crippen molar-refractivity contribution in [3.05, 3.63) is 0 Å². The number of Topliss-reactive ketones (excluding diaryl/α,β-unsaturated/α-hetero) is 3. The predicted octanol–water partition coefficient (Wildman–Crippen LogP) is 5.04. The quantitative estimate of drug-likeness (QED) is 0.218. The lowest BCUT2D eigenvalue weighted by atomic mass is 9.44. The lowest BCUT2D eigenvalue weighted by Gasteiger charge is -2.58. The average Bonchev–Trinajstić information content (AvgIpc) is 3.22. The molecule has 4 rings (SSSR count). The van der Waals surface area contributed by atoms with Gasteiger partial charge in [0.05, 0.1) is 13.0 Å². The largest absolute Gasteiger partial charge is 0.465 e. The number of ether oxygens (including phenoxy) is 1. The van der Waals surface area contributed by atoms with E-state index in [9.17, 15) is 45.2 Å². The van der Waals surface area contributed by atoms with Gasteiger partial charge in [0.25, 0.3) is 0 Å². The van der Waals surface area contributed by atoms with Crippen LogP contribution < -0.4 is 0 Å². The summed E-state index contributed by atoms with van der Waals surface area (Å²) in [5, 5.41) is -5.73. The van der Waals surface area contributed by atoms with Crippen molar-refractivity contribution in [2.45, 2.75) is 96.2 Å². The van der Waals surface area contributed by atoms with E-state index >= 15 is 0 Å². The molecule has 0 saturated heterocycles. The molecule has 0 aromatic carbocycles. The fourth-order valence-electron chi connectivity index (χ4n) is 8.64. The zero-order valence-electron chi connectivity index (χ0n) is 23.5. The normalized spacial score (nSPS) is 36.8. The molecule has 8 atom stereocenters. The summed E-state index contributed by atoms with van der Waals surface area (Å²) in [6.45, 7) is 4.74. The Balaban J connectivity index is 1.37. The van der Waals surface area contributed by atoms with Crippen LogP contribution in [0.25, 0.3) is 0 Å². The second kappa shape index (κ2) is 10.7. The molecule has 1 unspecified atom stereocenters. The van der Waals surface area contributed by atoms with E-state index in [-0.39, 0.29) is 77.5 Å². The van der Waals surface area contributed by atoms with E-state index in [1.54, 1.807) is 0 Å². The lowest BCUT2D eigenvalue weighted by molar-refractivity contribution is -0.174. The molecule has 0 spiro atoms. The van der Waals surface area contributed by atoms with Crippen molar-refractivity contribution < 1.29 is 54.4 Å². The van der Waals surface area contributed by atoms with Crippen LogP contribution in [0.15, 0.2) is 0 Å². The van der Waals surface area contributed by atoms with Gasteiger partial charge in [-0.15, -0.1) is 0 Å². The van der Waals surface area contributed by atoms with Gasteiger partial charge in [-0.3, -0.25) is 23.7 Å². The van der Waals surface area contributed by atoms with Gasteiger partial charge >= 0.3 is 27.3 Å². The Morgan fingerprint density at radius 2 is 1.73 bits per heavy atom. The van der Waals surface area contributed by atoms with E-state index in [1.165, 1.54) is 0 Å². The van der Waals surface area contributed by atoms with E-state index in [2.05, 4.69) is 11.7 Å². The molecule has 4 aliphatic rings. The van der Waals surface area contributed by atoms with Crippen LogP contribution in [0.5, 0.6) is 0 Å². The van der Waals surface area contributed by atoms with Gasteiger partial charge in [-0.1, -0.05) is 20.8 Å². The van der Waals surface area contributed by atoms with Gasteiger partial charge in [-0.25, -0.2) is 0 Å². The summed E-state index contributed by atoms with van der Waals surface area (Å²) < 4.78 is 88.1. The van der Waals surface area contributed by atoms with E-state index in [0.717, 1.165) is 0 Å². The molecule has 0 aromatic heterocycles. The average molecular weight is 611 g/mol. The van der Waals surface area contributed by atoms with Crippen molar-refractivity contribution in [2.24, 2.45) is 46.3 Å². The summed E-state index contributed by atoms with van der Waals surface area (Å²) in [6.07, 6.45) is 1.73. The van der Waals surface area contributed by atoms with Gasteiger partial charge in [0.1, 0.15) is 17.3 Å². The SMILES string of the molecule is C[C@H](CCC(=O)OCCC(F)(F)C(F)(F)S(=O)(=O)O)[C@H]1CC[C@H]2[C@@H]3C(=O)CC4CC(=O)CC[C@]4(C)[C@@H]3CC(=O)[C@]12C. The van der Waals surface area contributed by atoms with Crippen LogP contribution >= 0.6 is 0 Å². The predicted molar refractivity (Wildman–Crippen MR) is 136 cm³/mol. The zero-order valence-corrected chi connectivity index (χ0v) is 24.3. The minimum atomic E-state index is -6.37. The summed E-state index contributed by atoms with van der Waals surface area (Å²) in [4.78, 5) is 51.6. The molecule has 0 amide bonds. The number of carbonyl (C=O) groups excluding carboxylic acids is 4. The van der Waals surface area contributed by atoms with Crippen LogP contribution in [0.2, 0.25) is 0 Å². The Bertz CT molecular complexity index is 1220. The van der Waals surface area contributed by atoms with Crippen LogP contribution in [0.1, 0.15) is 85.0 Å². The maximum Gasteiger partial charge on any atom is 0.431 e. The van der Waals surface area contributed by atoms with Crippen molar-refractivity contribution in [1.82, 2.24) is 0 Å². The standard InChI is InChI=1S/C28H38F4O8S/c1-15(4-7-23(36)40-11-10-27(29,30)28(31,32)41(37,38)39)18-5-6-19-24-20(14-22(35)26(18,19)3)25(2)9-8-17(33)12-16(25)13-21(24)34/h15-16,18-20,24H,4-14H2,1-3H3,(H,37,38,39)/t15-,16?,18-,19+,20-,24+,25+,26-/m1/s1. The number of ketones is 3. The van der Waals surface area contributed by atoms with Crippen molar-refractivity contribution in [3.8, 4) is 0 Å². The highest BCUT2D eigenvalue weighted by Gasteiger charge is 2.67. The molecule has 4 saturated carbocycles. The first-order chi connectivity index (χ1) is 18.8. The first-order valence-electron chi connectivity index (χ1n) is 14.2. The summed E-state index contributed by atoms with van der Waals surface area (Å²) in [7, 11) is -6.37. The molecule has 0 aliphatic heterocycles. The second-order valence-electron chi connectivity index (χ2n) is 13.1. The van der Waals surface area contributed by atoms with Gasteiger partial charge in [-0.05, 0) is 60.7 Å². The molecular formula is C28H38F4O8S. The van der Waals surface area contributed by atoms with Crippen LogP contribution in [-0.2, 0) is 34.0 Å². The number of hydrogen-bond donors (Lipinski definition) is 1. The van der Waals surface area contributed by atoms with Crippen molar-refractivity contribution >= 4 is 33.4 Å². The van der Waals surface area contributed by atoms with Crippen LogP contribution in [-0.4, -0.2) is 54.1 Å². The van der Waals surface area contributed by atoms with E-state index in [4.69, 9.17) is 4.55 Å². The van der Waals surface area contributed by atoms with Gasteiger partial charge < -0.3 is 4.74 Å². The minimum Gasteiger partial charge on any atom is -0.465 e. The number of alkyl halides is 4. The summed E-state index contributed by atoms with van der Waals surface area (Å²) in [5.41, 5.74) is -1.00. The molecule has 41 heavy (non-hydrogen) atoms. The third-order valence-corrected chi connectivity index (χ3v) is 12.1. The number of esters is 1. The van der Waals surface area contributed by atoms with Gasteiger partial charge in [-0.2, -0.15) is 26.0 Å². The van der Waals surface area contributed by atoms with Crippen LogP contribution in [0, 0.1) is 46.3 Å². The summed E-state index contributed by atoms with van der Waals surface area (Å²) >= 11 is 0. The number of fused-ring (bicyclic) bond motifs is 5. The van der Waals surface area contributed by atoms with E-state index in [0.29, 0.717) is 38.5 Å². The molecule has 232 valence electrons. The zero-order chi connectivity index (χ0) is 30.8. The first-order valence-corrected chi connectivity index (χ1v) is 15.7. The molecule has 1 N–H and O–H groups in total. The molecular weight excluding hydrogens is 572 g/mol. The number of hydrogen-bond acceptors (Lipinski definition) is 7. The highest BCUT2D eigenvalue weighted by atomic mass is 32.2. The topological polar surface area (TPSA) is 132 Å². The molecule has 0 aromatic rings. The maximum absolute atomic E-state index is 13.8. The number of carbonyl (C=O) groups is 4. The number of rotatable bonds is 9. The minimum absolute atomic E-state index is 0.0315. The Labute approximate surface area is 237 Å². The lowest BCUT2D eigenvalue weighted by Crippen LogP contribution is -2.60. The third kappa shape index (κ3) is 5.27. The van der Waals surface area contributed by atoms with Crippen LogP contribution in [0.4, 0.5) is 17.6 Å². The Morgan fingerprint density at radius 1 is 1.07 bits per heavy atom. The summed E-state index contributed by atoms with van der Waals surface area (Å²) in [6, 6.07) is 0.